The third kappa shape index (κ3) is 3.85. The molecule has 0 unspecified atom stereocenters. The largest absolute Gasteiger partial charge is 0.497 e. The van der Waals surface area contributed by atoms with Gasteiger partial charge in [0.1, 0.15) is 17.4 Å². The van der Waals surface area contributed by atoms with E-state index >= 15 is 0 Å². The van der Waals surface area contributed by atoms with E-state index in [1.165, 1.54) is 19.2 Å². The molecule has 6 heteroatoms. The molecule has 5 nitrogen and oxygen atoms in total. The maximum atomic E-state index is 14.1. The Morgan fingerprint density at radius 1 is 1.20 bits per heavy atom. The molecule has 3 aromatic rings. The standard InChI is InChI=1S/C19H18FN3O2/c1-13-10-18(23(22-13)12-14-6-4-3-5-7-14)21-19(24)16-9-8-15(25-2)11-17(16)20/h3-11H,12H2,1-2H3,(H,21,24). The molecule has 3 rings (SSSR count). The van der Waals surface area contributed by atoms with Crippen molar-refractivity contribution in [2.24, 2.45) is 0 Å². The molecule has 1 heterocycles. The number of hydrogen-bond donors (Lipinski definition) is 1. The number of halogens is 1. The molecule has 0 aliphatic heterocycles. The molecule has 0 aliphatic carbocycles. The molecule has 0 saturated heterocycles. The van der Waals surface area contributed by atoms with Gasteiger partial charge in [-0.05, 0) is 24.6 Å². The van der Waals surface area contributed by atoms with Crippen molar-refractivity contribution in [2.45, 2.75) is 13.5 Å². The van der Waals surface area contributed by atoms with Crippen LogP contribution in [0, 0.1) is 12.7 Å². The molecule has 0 bridgehead atoms. The number of ether oxygens (including phenoxy) is 1. The summed E-state index contributed by atoms with van der Waals surface area (Å²) in [6.07, 6.45) is 0. The number of nitrogens with zero attached hydrogens (tertiary/aromatic N) is 2. The van der Waals surface area contributed by atoms with Crippen LogP contribution < -0.4 is 10.1 Å². The van der Waals surface area contributed by atoms with Gasteiger partial charge >= 0.3 is 0 Å². The Morgan fingerprint density at radius 2 is 1.96 bits per heavy atom. The van der Waals surface area contributed by atoms with Crippen molar-refractivity contribution in [1.82, 2.24) is 9.78 Å². The van der Waals surface area contributed by atoms with Gasteiger partial charge in [-0.1, -0.05) is 30.3 Å². The van der Waals surface area contributed by atoms with E-state index in [4.69, 9.17) is 4.74 Å². The molecule has 0 fully saturated rings. The van der Waals surface area contributed by atoms with Gasteiger partial charge in [0.25, 0.3) is 5.91 Å². The van der Waals surface area contributed by atoms with E-state index in [1.807, 2.05) is 37.3 Å². The lowest BCUT2D eigenvalue weighted by atomic mass is 10.2. The summed E-state index contributed by atoms with van der Waals surface area (Å²) in [7, 11) is 1.44. The quantitative estimate of drug-likeness (QED) is 0.772. The first-order chi connectivity index (χ1) is 12.1. The van der Waals surface area contributed by atoms with Gasteiger partial charge in [0.15, 0.2) is 0 Å². The number of benzene rings is 2. The minimum absolute atomic E-state index is 0.0501. The molecule has 0 spiro atoms. The molecule has 1 aromatic heterocycles. The Hall–Kier alpha value is -3.15. The molecule has 25 heavy (non-hydrogen) atoms. The number of rotatable bonds is 5. The van der Waals surface area contributed by atoms with Crippen molar-refractivity contribution in [3.63, 3.8) is 0 Å². The summed E-state index contributed by atoms with van der Waals surface area (Å²) in [6, 6.07) is 15.7. The Morgan fingerprint density at radius 3 is 2.64 bits per heavy atom. The van der Waals surface area contributed by atoms with Crippen LogP contribution in [0.4, 0.5) is 10.2 Å². The normalized spacial score (nSPS) is 10.5. The van der Waals surface area contributed by atoms with Gasteiger partial charge in [0.2, 0.25) is 0 Å². The number of carbonyl (C=O) groups excluding carboxylic acids is 1. The van der Waals surface area contributed by atoms with Crippen LogP contribution in [0.3, 0.4) is 0 Å². The second-order valence-corrected chi connectivity index (χ2v) is 5.61. The van der Waals surface area contributed by atoms with Gasteiger partial charge in [-0.2, -0.15) is 5.10 Å². The molecular weight excluding hydrogens is 321 g/mol. The average molecular weight is 339 g/mol. The fourth-order valence-corrected chi connectivity index (χ4v) is 2.51. The summed E-state index contributed by atoms with van der Waals surface area (Å²) >= 11 is 0. The highest BCUT2D eigenvalue weighted by Crippen LogP contribution is 2.19. The molecule has 128 valence electrons. The molecular formula is C19H18FN3O2. The van der Waals surface area contributed by atoms with Crippen molar-refractivity contribution in [3.8, 4) is 5.75 Å². The second kappa shape index (κ2) is 7.17. The highest BCUT2D eigenvalue weighted by molar-refractivity contribution is 6.04. The zero-order valence-corrected chi connectivity index (χ0v) is 14.0. The van der Waals surface area contributed by atoms with Gasteiger partial charge in [-0.3, -0.25) is 4.79 Å². The van der Waals surface area contributed by atoms with E-state index in [0.717, 1.165) is 11.3 Å². The fraction of sp³-hybridized carbons (Fsp3) is 0.158. The number of methoxy groups -OCH3 is 1. The Labute approximate surface area is 145 Å². The molecule has 0 saturated carbocycles. The predicted octanol–water partition coefficient (Wildman–Crippen LogP) is 3.64. The van der Waals surface area contributed by atoms with Gasteiger partial charge in [-0.15, -0.1) is 0 Å². The van der Waals surface area contributed by atoms with E-state index in [9.17, 15) is 9.18 Å². The van der Waals surface area contributed by atoms with E-state index in [-0.39, 0.29) is 5.56 Å². The minimum atomic E-state index is -0.636. The molecule has 1 N–H and O–H groups in total. The summed E-state index contributed by atoms with van der Waals surface area (Å²) < 4.78 is 20.7. The summed E-state index contributed by atoms with van der Waals surface area (Å²) in [6.45, 7) is 2.35. The summed E-state index contributed by atoms with van der Waals surface area (Å²) in [5, 5.41) is 7.12. The third-order valence-corrected chi connectivity index (χ3v) is 3.74. The minimum Gasteiger partial charge on any atom is -0.497 e. The SMILES string of the molecule is COc1ccc(C(=O)Nc2cc(C)nn2Cc2ccccc2)c(F)c1. The Bertz CT molecular complexity index is 891. The van der Waals surface area contributed by atoms with E-state index in [0.29, 0.717) is 18.1 Å². The zero-order chi connectivity index (χ0) is 17.8. The Kier molecular flexibility index (Phi) is 4.79. The first-order valence-electron chi connectivity index (χ1n) is 7.80. The molecule has 0 aliphatic rings. The number of carbonyl (C=O) groups is 1. The molecule has 0 radical (unpaired) electrons. The van der Waals surface area contributed by atoms with Crippen molar-refractivity contribution in [3.05, 3.63) is 77.2 Å². The maximum absolute atomic E-state index is 14.1. The topological polar surface area (TPSA) is 56.1 Å². The smallest absolute Gasteiger partial charge is 0.259 e. The highest BCUT2D eigenvalue weighted by atomic mass is 19.1. The Balaban J connectivity index is 1.82. The summed E-state index contributed by atoms with van der Waals surface area (Å²) in [4.78, 5) is 12.4. The lowest BCUT2D eigenvalue weighted by Crippen LogP contribution is -2.17. The fourth-order valence-electron chi connectivity index (χ4n) is 2.51. The van der Waals surface area contributed by atoms with Crippen LogP contribution >= 0.6 is 0 Å². The summed E-state index contributed by atoms with van der Waals surface area (Å²) in [5.74, 6) is -0.294. The number of aromatic nitrogens is 2. The van der Waals surface area contributed by atoms with Crippen LogP contribution in [-0.2, 0) is 6.54 Å². The van der Waals surface area contributed by atoms with Gasteiger partial charge < -0.3 is 10.1 Å². The summed E-state index contributed by atoms with van der Waals surface area (Å²) in [5.41, 5.74) is 1.77. The molecule has 0 atom stereocenters. The van der Waals surface area contributed by atoms with Crippen molar-refractivity contribution in [1.29, 1.82) is 0 Å². The van der Waals surface area contributed by atoms with Crippen LogP contribution in [0.2, 0.25) is 0 Å². The van der Waals surface area contributed by atoms with Gasteiger partial charge in [0, 0.05) is 12.1 Å². The van der Waals surface area contributed by atoms with Gasteiger partial charge in [0.05, 0.1) is 24.9 Å². The molecule has 1 amide bonds. The van der Waals surface area contributed by atoms with Crippen molar-refractivity contribution >= 4 is 11.7 Å². The van der Waals surface area contributed by atoms with Crippen molar-refractivity contribution < 1.29 is 13.9 Å². The number of nitrogens with one attached hydrogen (secondary N) is 1. The first-order valence-corrected chi connectivity index (χ1v) is 7.80. The highest BCUT2D eigenvalue weighted by Gasteiger charge is 2.15. The number of hydrogen-bond acceptors (Lipinski definition) is 3. The zero-order valence-electron chi connectivity index (χ0n) is 14.0. The van der Waals surface area contributed by atoms with Crippen LogP contribution in [0.1, 0.15) is 21.6 Å². The lowest BCUT2D eigenvalue weighted by molar-refractivity contribution is 0.102. The maximum Gasteiger partial charge on any atom is 0.259 e. The number of anilines is 1. The first kappa shape index (κ1) is 16.7. The van der Waals surface area contributed by atoms with Crippen LogP contribution in [0.25, 0.3) is 0 Å². The predicted molar refractivity (Wildman–Crippen MR) is 93.4 cm³/mol. The number of amides is 1. The van der Waals surface area contributed by atoms with Crippen LogP contribution in [-0.4, -0.2) is 22.8 Å². The van der Waals surface area contributed by atoms with E-state index < -0.39 is 11.7 Å². The molecule has 2 aromatic carbocycles. The van der Waals surface area contributed by atoms with Gasteiger partial charge in [-0.25, -0.2) is 9.07 Å². The van der Waals surface area contributed by atoms with Crippen LogP contribution in [0.5, 0.6) is 5.75 Å². The van der Waals surface area contributed by atoms with Crippen LogP contribution in [0.15, 0.2) is 54.6 Å². The number of aryl methyl sites for hydroxylation is 1. The van der Waals surface area contributed by atoms with Crippen molar-refractivity contribution in [2.75, 3.05) is 12.4 Å². The average Bonchev–Trinajstić information content (AvgIpc) is 2.94. The van der Waals surface area contributed by atoms with E-state index in [2.05, 4.69) is 10.4 Å². The lowest BCUT2D eigenvalue weighted by Gasteiger charge is -2.10. The monoisotopic (exact) mass is 339 g/mol. The second-order valence-electron chi connectivity index (χ2n) is 5.61. The van der Waals surface area contributed by atoms with E-state index in [1.54, 1.807) is 16.8 Å². The third-order valence-electron chi connectivity index (χ3n) is 3.74.